The summed E-state index contributed by atoms with van der Waals surface area (Å²) < 4.78 is 5.20. The van der Waals surface area contributed by atoms with Crippen molar-refractivity contribution in [3.8, 4) is 5.75 Å². The second-order valence-electron chi connectivity index (χ2n) is 4.28. The summed E-state index contributed by atoms with van der Waals surface area (Å²) in [6.07, 6.45) is 3.77. The highest BCUT2D eigenvalue weighted by molar-refractivity contribution is 5.73. The van der Waals surface area contributed by atoms with Gasteiger partial charge in [-0.3, -0.25) is 0 Å². The molecule has 16 heavy (non-hydrogen) atoms. The van der Waals surface area contributed by atoms with Crippen molar-refractivity contribution in [1.82, 2.24) is 0 Å². The lowest BCUT2D eigenvalue weighted by molar-refractivity contribution is 0.415. The first kappa shape index (κ1) is 11.1. The normalized spacial score (nSPS) is 18.2. The van der Waals surface area contributed by atoms with Crippen LogP contribution >= 0.6 is 0 Å². The summed E-state index contributed by atoms with van der Waals surface area (Å²) in [7, 11) is 1.70. The number of hydrogen-bond donors (Lipinski definition) is 2. The van der Waals surface area contributed by atoms with Gasteiger partial charge in [0.25, 0.3) is 0 Å². The highest BCUT2D eigenvalue weighted by Gasteiger charge is 2.16. The SMILES string of the molecule is CCCCC1CNc2cc(OC)ccc2N1. The molecular formula is C13H20N2O. The Morgan fingerprint density at radius 2 is 2.25 bits per heavy atom. The van der Waals surface area contributed by atoms with Gasteiger partial charge >= 0.3 is 0 Å². The van der Waals surface area contributed by atoms with Gasteiger partial charge in [-0.1, -0.05) is 19.8 Å². The Labute approximate surface area is 97.2 Å². The third kappa shape index (κ3) is 2.40. The van der Waals surface area contributed by atoms with Crippen LogP contribution in [0.15, 0.2) is 18.2 Å². The van der Waals surface area contributed by atoms with Gasteiger partial charge in [0.05, 0.1) is 18.5 Å². The topological polar surface area (TPSA) is 33.3 Å². The van der Waals surface area contributed by atoms with E-state index in [1.807, 2.05) is 12.1 Å². The molecule has 0 bridgehead atoms. The molecule has 1 heterocycles. The molecule has 0 fully saturated rings. The zero-order valence-electron chi connectivity index (χ0n) is 10.0. The van der Waals surface area contributed by atoms with Gasteiger partial charge in [0.15, 0.2) is 0 Å². The van der Waals surface area contributed by atoms with Crippen LogP contribution in [0.3, 0.4) is 0 Å². The fourth-order valence-electron chi connectivity index (χ4n) is 2.05. The van der Waals surface area contributed by atoms with Crippen LogP contribution in [0.1, 0.15) is 26.2 Å². The highest BCUT2D eigenvalue weighted by Crippen LogP contribution is 2.30. The van der Waals surface area contributed by atoms with Gasteiger partial charge in [-0.25, -0.2) is 0 Å². The smallest absolute Gasteiger partial charge is 0.121 e. The van der Waals surface area contributed by atoms with Crippen LogP contribution < -0.4 is 15.4 Å². The molecule has 0 aromatic heterocycles. The Hall–Kier alpha value is -1.38. The molecule has 2 rings (SSSR count). The number of hydrogen-bond acceptors (Lipinski definition) is 3. The summed E-state index contributed by atoms with van der Waals surface area (Å²) in [5.41, 5.74) is 2.33. The van der Waals surface area contributed by atoms with Crippen molar-refractivity contribution in [1.29, 1.82) is 0 Å². The first-order valence-corrected chi connectivity index (χ1v) is 6.02. The number of rotatable bonds is 4. The number of benzene rings is 1. The van der Waals surface area contributed by atoms with Crippen molar-refractivity contribution in [3.63, 3.8) is 0 Å². The van der Waals surface area contributed by atoms with Crippen LogP contribution in [0.2, 0.25) is 0 Å². The standard InChI is InChI=1S/C13H20N2O/c1-3-4-5-10-9-14-13-8-11(16-2)6-7-12(13)15-10/h6-8,10,14-15H,3-5,9H2,1-2H3. The molecule has 1 aliphatic rings. The maximum Gasteiger partial charge on any atom is 0.121 e. The van der Waals surface area contributed by atoms with Gasteiger partial charge in [-0.2, -0.15) is 0 Å². The average molecular weight is 220 g/mol. The van der Waals surface area contributed by atoms with E-state index in [1.54, 1.807) is 7.11 Å². The van der Waals surface area contributed by atoms with Gasteiger partial charge in [0.1, 0.15) is 5.75 Å². The number of ether oxygens (including phenoxy) is 1. The zero-order valence-corrected chi connectivity index (χ0v) is 10.0. The predicted octanol–water partition coefficient (Wildman–Crippen LogP) is 3.09. The van der Waals surface area contributed by atoms with E-state index in [2.05, 4.69) is 23.6 Å². The Kier molecular flexibility index (Phi) is 3.54. The fraction of sp³-hybridized carbons (Fsp3) is 0.538. The van der Waals surface area contributed by atoms with E-state index in [4.69, 9.17) is 4.74 Å². The van der Waals surface area contributed by atoms with Gasteiger partial charge < -0.3 is 15.4 Å². The van der Waals surface area contributed by atoms with Crippen LogP contribution in [-0.4, -0.2) is 19.7 Å². The third-order valence-electron chi connectivity index (χ3n) is 3.03. The van der Waals surface area contributed by atoms with E-state index in [1.165, 1.54) is 24.9 Å². The predicted molar refractivity (Wildman–Crippen MR) is 68.4 cm³/mol. The molecule has 0 aliphatic carbocycles. The second kappa shape index (κ2) is 5.10. The number of nitrogens with one attached hydrogen (secondary N) is 2. The van der Waals surface area contributed by atoms with Crippen LogP contribution in [-0.2, 0) is 0 Å². The monoisotopic (exact) mass is 220 g/mol. The molecule has 88 valence electrons. The molecule has 0 spiro atoms. The molecule has 1 atom stereocenters. The maximum absolute atomic E-state index is 5.20. The molecule has 1 aliphatic heterocycles. The Morgan fingerprint density at radius 1 is 1.38 bits per heavy atom. The number of fused-ring (bicyclic) bond motifs is 1. The Morgan fingerprint density at radius 3 is 3.00 bits per heavy atom. The lowest BCUT2D eigenvalue weighted by Gasteiger charge is -2.28. The van der Waals surface area contributed by atoms with Gasteiger partial charge in [-0.15, -0.1) is 0 Å². The molecule has 0 saturated heterocycles. The third-order valence-corrected chi connectivity index (χ3v) is 3.03. The summed E-state index contributed by atoms with van der Waals surface area (Å²) in [6, 6.07) is 6.67. The minimum atomic E-state index is 0.556. The Balaban J connectivity index is 2.04. The van der Waals surface area contributed by atoms with Crippen LogP contribution in [0.25, 0.3) is 0 Å². The van der Waals surface area contributed by atoms with Crippen molar-refractivity contribution in [2.75, 3.05) is 24.3 Å². The summed E-state index contributed by atoms with van der Waals surface area (Å²) >= 11 is 0. The van der Waals surface area contributed by atoms with Crippen molar-refractivity contribution >= 4 is 11.4 Å². The minimum Gasteiger partial charge on any atom is -0.497 e. The molecule has 1 unspecified atom stereocenters. The summed E-state index contributed by atoms with van der Waals surface area (Å²) in [5.74, 6) is 0.903. The highest BCUT2D eigenvalue weighted by atomic mass is 16.5. The van der Waals surface area contributed by atoms with Gasteiger partial charge in [0.2, 0.25) is 0 Å². The lowest BCUT2D eigenvalue weighted by atomic mass is 10.1. The molecule has 3 nitrogen and oxygen atoms in total. The molecule has 0 radical (unpaired) electrons. The van der Waals surface area contributed by atoms with Crippen molar-refractivity contribution in [3.05, 3.63) is 18.2 Å². The molecular weight excluding hydrogens is 200 g/mol. The van der Waals surface area contributed by atoms with E-state index in [9.17, 15) is 0 Å². The van der Waals surface area contributed by atoms with E-state index in [0.29, 0.717) is 6.04 Å². The van der Waals surface area contributed by atoms with Gasteiger partial charge in [0, 0.05) is 18.7 Å². The maximum atomic E-state index is 5.20. The lowest BCUT2D eigenvalue weighted by Crippen LogP contribution is -2.32. The molecule has 2 N–H and O–H groups in total. The van der Waals surface area contributed by atoms with E-state index >= 15 is 0 Å². The molecule has 0 amide bonds. The van der Waals surface area contributed by atoms with Crippen LogP contribution in [0.5, 0.6) is 5.75 Å². The average Bonchev–Trinajstić information content (AvgIpc) is 2.35. The van der Waals surface area contributed by atoms with Crippen LogP contribution in [0.4, 0.5) is 11.4 Å². The van der Waals surface area contributed by atoms with E-state index < -0.39 is 0 Å². The fourth-order valence-corrected chi connectivity index (χ4v) is 2.05. The summed E-state index contributed by atoms with van der Waals surface area (Å²) in [5, 5.41) is 7.02. The quantitative estimate of drug-likeness (QED) is 0.818. The first-order chi connectivity index (χ1) is 7.83. The van der Waals surface area contributed by atoms with Crippen molar-refractivity contribution in [2.24, 2.45) is 0 Å². The number of anilines is 2. The molecule has 1 aromatic carbocycles. The van der Waals surface area contributed by atoms with Crippen LogP contribution in [0, 0.1) is 0 Å². The van der Waals surface area contributed by atoms with Crippen molar-refractivity contribution in [2.45, 2.75) is 32.2 Å². The van der Waals surface area contributed by atoms with E-state index in [-0.39, 0.29) is 0 Å². The summed E-state index contributed by atoms with van der Waals surface area (Å²) in [4.78, 5) is 0. The molecule has 1 aromatic rings. The first-order valence-electron chi connectivity index (χ1n) is 6.02. The van der Waals surface area contributed by atoms with Gasteiger partial charge in [-0.05, 0) is 18.6 Å². The largest absolute Gasteiger partial charge is 0.497 e. The zero-order chi connectivity index (χ0) is 11.4. The summed E-state index contributed by atoms with van der Waals surface area (Å²) in [6.45, 7) is 3.23. The number of methoxy groups -OCH3 is 1. The molecule has 3 heteroatoms. The minimum absolute atomic E-state index is 0.556. The van der Waals surface area contributed by atoms with E-state index in [0.717, 1.165) is 18.0 Å². The van der Waals surface area contributed by atoms with Crippen molar-refractivity contribution < 1.29 is 4.74 Å². The molecule has 0 saturated carbocycles. The second-order valence-corrected chi connectivity index (χ2v) is 4.28. The Bertz CT molecular complexity index is 352. The number of unbranched alkanes of at least 4 members (excludes halogenated alkanes) is 1.